The maximum atomic E-state index is 12.9. The molecule has 1 aliphatic rings. The molecule has 0 aliphatic carbocycles. The van der Waals surface area contributed by atoms with Gasteiger partial charge in [0.1, 0.15) is 11.7 Å². The van der Waals surface area contributed by atoms with Crippen LogP contribution in [0.2, 0.25) is 0 Å². The number of aliphatic hydroxyl groups is 1. The molecule has 0 amide bonds. The van der Waals surface area contributed by atoms with Gasteiger partial charge in [-0.3, -0.25) is 0 Å². The second kappa shape index (κ2) is 3.01. The Morgan fingerprint density at radius 3 is 2.25 bits per heavy atom. The van der Waals surface area contributed by atoms with Crippen LogP contribution in [0.3, 0.4) is 0 Å². The predicted octanol–water partition coefficient (Wildman–Crippen LogP) is 0.801. The zero-order valence-electron chi connectivity index (χ0n) is 7.21. The van der Waals surface area contributed by atoms with Crippen LogP contribution in [-0.4, -0.2) is 29.0 Å². The maximum absolute atomic E-state index is 12.9. The summed E-state index contributed by atoms with van der Waals surface area (Å²) in [5, 5.41) is 9.36. The summed E-state index contributed by atoms with van der Waals surface area (Å²) in [6.07, 6.45) is -2.29. The number of aliphatic hydroxyl groups excluding tert-OH is 1. The van der Waals surface area contributed by atoms with E-state index in [0.29, 0.717) is 12.8 Å². The van der Waals surface area contributed by atoms with Gasteiger partial charge in [-0.05, 0) is 12.8 Å². The minimum atomic E-state index is -1.87. The molecule has 2 atom stereocenters. The number of esters is 1. The number of carbonyl (C=O) groups excluding carboxylic acids is 1. The first-order chi connectivity index (χ1) is 5.57. The van der Waals surface area contributed by atoms with Gasteiger partial charge in [0.2, 0.25) is 6.17 Å². The molecular formula is C8H13FO3. The molecule has 0 aromatic carbocycles. The van der Waals surface area contributed by atoms with E-state index in [4.69, 9.17) is 4.74 Å². The second-order valence-corrected chi connectivity index (χ2v) is 3.04. The molecular weight excluding hydrogens is 163 g/mol. The van der Waals surface area contributed by atoms with E-state index < -0.39 is 23.8 Å². The molecule has 0 radical (unpaired) electrons. The highest BCUT2D eigenvalue weighted by Gasteiger charge is 2.53. The number of halogens is 1. The molecule has 1 rings (SSSR count). The van der Waals surface area contributed by atoms with Crippen LogP contribution in [0.1, 0.15) is 26.7 Å². The van der Waals surface area contributed by atoms with Crippen molar-refractivity contribution in [3.8, 4) is 0 Å². The fourth-order valence-corrected chi connectivity index (χ4v) is 1.53. The highest BCUT2D eigenvalue weighted by molar-refractivity contribution is 5.78. The second-order valence-electron chi connectivity index (χ2n) is 3.04. The molecule has 1 aliphatic heterocycles. The SMILES string of the molecule is CCC1(CC)OC(=O)[C@H](F)[C@@H]1O. The topological polar surface area (TPSA) is 46.5 Å². The van der Waals surface area contributed by atoms with Crippen molar-refractivity contribution in [3.63, 3.8) is 0 Å². The Labute approximate surface area is 70.5 Å². The normalized spacial score (nSPS) is 33.5. The summed E-state index contributed by atoms with van der Waals surface area (Å²) in [4.78, 5) is 10.8. The molecule has 3 nitrogen and oxygen atoms in total. The van der Waals surface area contributed by atoms with E-state index in [0.717, 1.165) is 0 Å². The number of hydrogen-bond acceptors (Lipinski definition) is 3. The van der Waals surface area contributed by atoms with E-state index in [2.05, 4.69) is 0 Å². The lowest BCUT2D eigenvalue weighted by Crippen LogP contribution is -2.40. The number of carbonyl (C=O) groups is 1. The summed E-state index contributed by atoms with van der Waals surface area (Å²) >= 11 is 0. The lowest BCUT2D eigenvalue weighted by molar-refractivity contribution is -0.153. The number of ether oxygens (including phenoxy) is 1. The molecule has 70 valence electrons. The van der Waals surface area contributed by atoms with Crippen LogP contribution >= 0.6 is 0 Å². The van der Waals surface area contributed by atoms with Crippen molar-refractivity contribution in [1.29, 1.82) is 0 Å². The van der Waals surface area contributed by atoms with E-state index in [-0.39, 0.29) is 0 Å². The van der Waals surface area contributed by atoms with Crippen LogP contribution in [0.25, 0.3) is 0 Å². The number of cyclic esters (lactones) is 1. The van der Waals surface area contributed by atoms with Gasteiger partial charge in [-0.25, -0.2) is 9.18 Å². The molecule has 1 fully saturated rings. The Hall–Kier alpha value is -0.640. The first kappa shape index (κ1) is 9.45. The first-order valence-corrected chi connectivity index (χ1v) is 4.12. The molecule has 0 aromatic heterocycles. The van der Waals surface area contributed by atoms with Gasteiger partial charge in [0, 0.05) is 0 Å². The van der Waals surface area contributed by atoms with Crippen molar-refractivity contribution in [2.45, 2.75) is 44.6 Å². The summed E-state index contributed by atoms with van der Waals surface area (Å²) in [6, 6.07) is 0. The van der Waals surface area contributed by atoms with Crippen LogP contribution in [-0.2, 0) is 9.53 Å². The molecule has 0 aromatic rings. The van der Waals surface area contributed by atoms with E-state index >= 15 is 0 Å². The van der Waals surface area contributed by atoms with E-state index in [1.165, 1.54) is 0 Å². The van der Waals surface area contributed by atoms with Crippen LogP contribution in [0.15, 0.2) is 0 Å². The van der Waals surface area contributed by atoms with Crippen molar-refractivity contribution < 1.29 is 19.0 Å². The molecule has 4 heteroatoms. The van der Waals surface area contributed by atoms with Gasteiger partial charge in [-0.15, -0.1) is 0 Å². The molecule has 1 saturated heterocycles. The van der Waals surface area contributed by atoms with Gasteiger partial charge in [0.25, 0.3) is 0 Å². The Morgan fingerprint density at radius 1 is 1.58 bits per heavy atom. The molecule has 12 heavy (non-hydrogen) atoms. The average molecular weight is 176 g/mol. The standard InChI is InChI=1S/C8H13FO3/c1-3-8(4-2)6(10)5(9)7(11)12-8/h5-6,10H,3-4H2,1-2H3/t5-,6+/m1/s1. The van der Waals surface area contributed by atoms with Crippen LogP contribution in [0, 0.1) is 0 Å². The fourth-order valence-electron chi connectivity index (χ4n) is 1.53. The third kappa shape index (κ3) is 1.10. The van der Waals surface area contributed by atoms with Crippen molar-refractivity contribution >= 4 is 5.97 Å². The highest BCUT2D eigenvalue weighted by atomic mass is 19.1. The van der Waals surface area contributed by atoms with Crippen molar-refractivity contribution in [1.82, 2.24) is 0 Å². The number of alkyl halides is 1. The van der Waals surface area contributed by atoms with Crippen LogP contribution < -0.4 is 0 Å². The minimum absolute atomic E-state index is 0.441. The quantitative estimate of drug-likeness (QED) is 0.633. The summed E-state index contributed by atoms with van der Waals surface area (Å²) in [6.45, 7) is 3.52. The zero-order chi connectivity index (χ0) is 9.35. The Kier molecular flexibility index (Phi) is 2.37. The fraction of sp³-hybridized carbons (Fsp3) is 0.875. The molecule has 0 spiro atoms. The summed E-state index contributed by atoms with van der Waals surface area (Å²) < 4.78 is 17.7. The van der Waals surface area contributed by atoms with Crippen LogP contribution in [0.5, 0.6) is 0 Å². The summed E-state index contributed by atoms with van der Waals surface area (Å²) in [5.74, 6) is -0.939. The highest BCUT2D eigenvalue weighted by Crippen LogP contribution is 2.34. The molecule has 1 heterocycles. The minimum Gasteiger partial charge on any atom is -0.454 e. The lowest BCUT2D eigenvalue weighted by Gasteiger charge is -2.27. The van der Waals surface area contributed by atoms with Crippen molar-refractivity contribution in [3.05, 3.63) is 0 Å². The van der Waals surface area contributed by atoms with E-state index in [1.54, 1.807) is 13.8 Å². The van der Waals surface area contributed by atoms with Gasteiger partial charge in [-0.2, -0.15) is 0 Å². The average Bonchev–Trinajstić information content (AvgIpc) is 2.30. The zero-order valence-corrected chi connectivity index (χ0v) is 7.21. The van der Waals surface area contributed by atoms with Gasteiger partial charge in [0.15, 0.2) is 0 Å². The monoisotopic (exact) mass is 176 g/mol. The van der Waals surface area contributed by atoms with Crippen molar-refractivity contribution in [2.75, 3.05) is 0 Å². The maximum Gasteiger partial charge on any atom is 0.344 e. The Morgan fingerprint density at radius 2 is 2.08 bits per heavy atom. The van der Waals surface area contributed by atoms with E-state index in [9.17, 15) is 14.3 Å². The molecule has 0 saturated carbocycles. The van der Waals surface area contributed by atoms with Gasteiger partial charge < -0.3 is 9.84 Å². The molecule has 1 N–H and O–H groups in total. The molecule has 0 bridgehead atoms. The summed E-state index contributed by atoms with van der Waals surface area (Å²) in [7, 11) is 0. The Balaban J connectivity index is 2.86. The number of hydrogen-bond donors (Lipinski definition) is 1. The van der Waals surface area contributed by atoms with Gasteiger partial charge in [0.05, 0.1) is 0 Å². The smallest absolute Gasteiger partial charge is 0.344 e. The lowest BCUT2D eigenvalue weighted by atomic mass is 9.90. The third-order valence-electron chi connectivity index (χ3n) is 2.54. The van der Waals surface area contributed by atoms with Gasteiger partial charge >= 0.3 is 5.97 Å². The van der Waals surface area contributed by atoms with Gasteiger partial charge in [-0.1, -0.05) is 13.8 Å². The third-order valence-corrected chi connectivity index (χ3v) is 2.54. The first-order valence-electron chi connectivity index (χ1n) is 4.12. The van der Waals surface area contributed by atoms with Crippen molar-refractivity contribution in [2.24, 2.45) is 0 Å². The predicted molar refractivity (Wildman–Crippen MR) is 40.3 cm³/mol. The summed E-state index contributed by atoms with van der Waals surface area (Å²) in [5.41, 5.74) is -0.990. The largest absolute Gasteiger partial charge is 0.454 e. The Bertz CT molecular complexity index is 189. The van der Waals surface area contributed by atoms with Crippen LogP contribution in [0.4, 0.5) is 4.39 Å². The molecule has 0 unspecified atom stereocenters. The van der Waals surface area contributed by atoms with E-state index in [1.807, 2.05) is 0 Å². The number of rotatable bonds is 2.